The van der Waals surface area contributed by atoms with E-state index in [9.17, 15) is 0 Å². The Kier molecular flexibility index (Phi) is 9.45. The number of nitrogens with zero attached hydrogens (tertiary/aromatic N) is 3. The molecule has 0 fully saturated rings. The van der Waals surface area contributed by atoms with E-state index in [-0.39, 0.29) is 0 Å². The van der Waals surface area contributed by atoms with Gasteiger partial charge in [-0.2, -0.15) is 12.6 Å². The van der Waals surface area contributed by atoms with Crippen LogP contribution in [0.15, 0.2) is 200 Å². The average Bonchev–Trinajstić information content (AvgIpc) is 4.09. The Balaban J connectivity index is 0.00000105. The summed E-state index contributed by atoms with van der Waals surface area (Å²) in [6, 6.07) is 73.7. The number of benzene rings is 9. The number of fused-ring (bicyclic) bond motifs is 12. The highest BCUT2D eigenvalue weighted by Gasteiger charge is 2.18. The second-order valence-corrected chi connectivity index (χ2v) is 16.4. The quantitative estimate of drug-likeness (QED) is 0.170. The van der Waals surface area contributed by atoms with Crippen molar-refractivity contribution in [2.45, 2.75) is 13.8 Å². The number of hydrogen-bond acceptors (Lipinski definition) is 2. The lowest BCUT2D eigenvalue weighted by molar-refractivity contribution is 1.18. The van der Waals surface area contributed by atoms with Crippen molar-refractivity contribution in [1.29, 1.82) is 0 Å². The van der Waals surface area contributed by atoms with Gasteiger partial charge in [0.15, 0.2) is 0 Å². The molecule has 5 heteroatoms. The summed E-state index contributed by atoms with van der Waals surface area (Å²) in [5.74, 6) is 0. The normalized spacial score (nSPS) is 11.5. The molecule has 9 aromatic carbocycles. The third-order valence-corrected chi connectivity index (χ3v) is 13.4. The summed E-state index contributed by atoms with van der Waals surface area (Å²) >= 11 is 5.40. The Hall–Kier alpha value is -7.05. The van der Waals surface area contributed by atoms with Gasteiger partial charge in [-0.3, -0.25) is 0 Å². The molecule has 0 unspecified atom stereocenters. The van der Waals surface area contributed by atoms with E-state index in [1.54, 1.807) is 6.26 Å². The molecule has 62 heavy (non-hydrogen) atoms. The van der Waals surface area contributed by atoms with Crippen LogP contribution in [-0.4, -0.2) is 20.0 Å². The molecule has 13 rings (SSSR count). The number of hydrogen-bond donors (Lipinski definition) is 1. The largest absolute Gasteiger partial charge is 0.309 e. The zero-order valence-corrected chi connectivity index (χ0v) is 36.5. The van der Waals surface area contributed by atoms with Crippen molar-refractivity contribution in [3.05, 3.63) is 200 Å². The predicted octanol–water partition coefficient (Wildman–Crippen LogP) is 16.6. The van der Waals surface area contributed by atoms with Crippen LogP contribution in [0.1, 0.15) is 13.8 Å². The fourth-order valence-corrected chi connectivity index (χ4v) is 10.8. The Morgan fingerprint density at radius 1 is 0.290 bits per heavy atom. The van der Waals surface area contributed by atoms with Crippen molar-refractivity contribution >= 4 is 110 Å². The standard InChI is InChI=1S/C54H33N3S.C2H6.CH4S/c1-6-19-47-39(14-1)40-15-2-7-20-48(40)55(47)36-13-11-12-34(30-36)35-24-27-52-44(31-35)43-18-5-10-23-51(43)57(52)38-26-29-54-46(33-38)45-32-37(25-28-53(45)58-54)56-49-21-8-3-16-41(49)42-17-4-9-22-50(42)56;2*1-2/h1-33H;1-2H3;2H,1H3. The SMILES string of the molecule is CC.CS.c1cc(-c2ccc3c(c2)c2ccccc2n3-c2ccc3sc4ccc(-n5c6ccccc6c6ccccc65)cc4c3c2)cc(-n2c3ccccc3c3ccccc32)c1. The molecule has 0 saturated heterocycles. The van der Waals surface area contributed by atoms with Crippen LogP contribution in [0.4, 0.5) is 0 Å². The highest BCUT2D eigenvalue weighted by molar-refractivity contribution is 7.79. The first-order valence-electron chi connectivity index (χ1n) is 21.3. The van der Waals surface area contributed by atoms with Crippen molar-refractivity contribution in [2.75, 3.05) is 6.26 Å². The molecule has 3 nitrogen and oxygen atoms in total. The smallest absolute Gasteiger partial charge is 0.0541 e. The lowest BCUT2D eigenvalue weighted by atomic mass is 10.0. The van der Waals surface area contributed by atoms with E-state index in [2.05, 4.69) is 227 Å². The number of thiophene rings is 1. The fraction of sp³-hybridized carbons (Fsp3) is 0.0526. The van der Waals surface area contributed by atoms with E-state index in [1.807, 2.05) is 25.2 Å². The van der Waals surface area contributed by atoms with Gasteiger partial charge in [-0.15, -0.1) is 11.3 Å². The zero-order valence-electron chi connectivity index (χ0n) is 34.7. The summed E-state index contributed by atoms with van der Waals surface area (Å²) in [5, 5.41) is 10.2. The van der Waals surface area contributed by atoms with E-state index in [0.717, 1.165) is 5.69 Å². The monoisotopic (exact) mass is 833 g/mol. The number of thiol groups is 1. The minimum atomic E-state index is 1.16. The van der Waals surface area contributed by atoms with Gasteiger partial charge in [0.25, 0.3) is 0 Å². The van der Waals surface area contributed by atoms with Crippen LogP contribution < -0.4 is 0 Å². The van der Waals surface area contributed by atoms with E-state index in [1.165, 1.54) is 108 Å². The van der Waals surface area contributed by atoms with Gasteiger partial charge >= 0.3 is 0 Å². The molecule has 4 aromatic heterocycles. The van der Waals surface area contributed by atoms with E-state index < -0.39 is 0 Å². The Labute approximate surface area is 369 Å². The van der Waals surface area contributed by atoms with Crippen molar-refractivity contribution < 1.29 is 0 Å². The van der Waals surface area contributed by atoms with Gasteiger partial charge in [-0.1, -0.05) is 123 Å². The molecule has 0 atom stereocenters. The van der Waals surface area contributed by atoms with Gasteiger partial charge in [-0.05, 0) is 108 Å². The van der Waals surface area contributed by atoms with Crippen molar-refractivity contribution in [3.8, 4) is 28.2 Å². The van der Waals surface area contributed by atoms with Crippen LogP contribution in [0.5, 0.6) is 0 Å². The summed E-state index contributed by atoms with van der Waals surface area (Å²) < 4.78 is 9.86. The van der Waals surface area contributed by atoms with Crippen LogP contribution >= 0.6 is 24.0 Å². The highest BCUT2D eigenvalue weighted by atomic mass is 32.1. The van der Waals surface area contributed by atoms with Crippen molar-refractivity contribution in [2.24, 2.45) is 0 Å². The number of rotatable bonds is 4. The van der Waals surface area contributed by atoms with E-state index in [0.29, 0.717) is 0 Å². The topological polar surface area (TPSA) is 14.8 Å². The van der Waals surface area contributed by atoms with Crippen LogP contribution in [0, 0.1) is 0 Å². The van der Waals surface area contributed by atoms with Crippen molar-refractivity contribution in [3.63, 3.8) is 0 Å². The second-order valence-electron chi connectivity index (χ2n) is 15.3. The summed E-state index contributed by atoms with van der Waals surface area (Å²) in [6.07, 6.45) is 1.69. The maximum atomic E-state index is 3.53. The van der Waals surface area contributed by atoms with Gasteiger partial charge in [0.1, 0.15) is 0 Å². The molecule has 0 amide bonds. The van der Waals surface area contributed by atoms with Gasteiger partial charge < -0.3 is 13.7 Å². The molecule has 0 N–H and O–H groups in total. The molecule has 0 saturated carbocycles. The first-order valence-corrected chi connectivity index (χ1v) is 23.0. The molecule has 298 valence electrons. The number of para-hydroxylation sites is 5. The van der Waals surface area contributed by atoms with Crippen LogP contribution in [0.2, 0.25) is 0 Å². The van der Waals surface area contributed by atoms with Crippen LogP contribution in [0.3, 0.4) is 0 Å². The Bertz CT molecular complexity index is 3710. The molecule has 4 heterocycles. The molecule has 0 aliphatic rings. The third kappa shape index (κ3) is 5.80. The highest BCUT2D eigenvalue weighted by Crippen LogP contribution is 2.41. The lowest BCUT2D eigenvalue weighted by Crippen LogP contribution is -1.95. The minimum absolute atomic E-state index is 1.16. The van der Waals surface area contributed by atoms with Gasteiger partial charge in [0.2, 0.25) is 0 Å². The first-order chi connectivity index (χ1) is 30.8. The van der Waals surface area contributed by atoms with Gasteiger partial charge in [0, 0.05) is 69.6 Å². The fourth-order valence-electron chi connectivity index (χ4n) is 9.69. The summed E-state index contributed by atoms with van der Waals surface area (Å²) in [4.78, 5) is 0. The Morgan fingerprint density at radius 2 is 0.645 bits per heavy atom. The molecular formula is C57H43N3S2. The van der Waals surface area contributed by atoms with Crippen LogP contribution in [-0.2, 0) is 0 Å². The number of aromatic nitrogens is 3. The lowest BCUT2D eigenvalue weighted by Gasteiger charge is -2.11. The Morgan fingerprint density at radius 3 is 1.08 bits per heavy atom. The summed E-state index contributed by atoms with van der Waals surface area (Å²) in [7, 11) is 0. The first kappa shape index (κ1) is 37.9. The van der Waals surface area contributed by atoms with Gasteiger partial charge in [0.05, 0.1) is 33.1 Å². The minimum Gasteiger partial charge on any atom is -0.309 e. The second kappa shape index (κ2) is 15.4. The molecule has 13 aromatic rings. The summed E-state index contributed by atoms with van der Waals surface area (Å²) in [6.45, 7) is 4.00. The van der Waals surface area contributed by atoms with Crippen molar-refractivity contribution in [1.82, 2.24) is 13.7 Å². The van der Waals surface area contributed by atoms with E-state index in [4.69, 9.17) is 0 Å². The third-order valence-electron chi connectivity index (χ3n) is 12.2. The zero-order chi connectivity index (χ0) is 41.9. The maximum absolute atomic E-state index is 3.53. The van der Waals surface area contributed by atoms with E-state index >= 15 is 0 Å². The average molecular weight is 834 g/mol. The molecule has 0 radical (unpaired) electrons. The van der Waals surface area contributed by atoms with Crippen LogP contribution in [0.25, 0.3) is 114 Å². The maximum Gasteiger partial charge on any atom is 0.0541 e. The molecular weight excluding hydrogens is 791 g/mol. The molecule has 0 aliphatic heterocycles. The van der Waals surface area contributed by atoms with Gasteiger partial charge in [-0.25, -0.2) is 0 Å². The molecule has 0 bridgehead atoms. The predicted molar refractivity (Wildman–Crippen MR) is 274 cm³/mol. The summed E-state index contributed by atoms with van der Waals surface area (Å²) in [5.41, 5.74) is 13.2. The molecule has 0 spiro atoms. The molecule has 0 aliphatic carbocycles.